The third-order valence-electron chi connectivity index (χ3n) is 3.77. The molecule has 2 N–H and O–H groups in total. The molecule has 0 atom stereocenters. The number of nitrogens with zero attached hydrogens (tertiary/aromatic N) is 3. The number of anilines is 2. The number of aliphatic imine (C=N–C) groups is 1. The molecule has 0 saturated heterocycles. The Morgan fingerprint density at radius 1 is 1.18 bits per heavy atom. The predicted octanol–water partition coefficient (Wildman–Crippen LogP) is 3.75. The fraction of sp³-hybridized carbons (Fsp3) is 0.400. The normalized spacial score (nSPS) is 10.7. The molecule has 1 aromatic carbocycles. The van der Waals surface area contributed by atoms with E-state index in [4.69, 9.17) is 14.5 Å². The van der Waals surface area contributed by atoms with Crippen LogP contribution in [-0.2, 0) is 6.54 Å². The maximum atomic E-state index is 5.57. The van der Waals surface area contributed by atoms with Crippen molar-refractivity contribution in [2.24, 2.45) is 4.99 Å². The lowest BCUT2D eigenvalue weighted by atomic mass is 10.2. The first kappa shape index (κ1) is 23.8. The number of nitrogens with one attached hydrogen (secondary N) is 2. The highest BCUT2D eigenvalue weighted by Gasteiger charge is 2.08. The first-order valence-electron chi connectivity index (χ1n) is 9.06. The highest BCUT2D eigenvalue weighted by Crippen LogP contribution is 2.30. The van der Waals surface area contributed by atoms with Crippen LogP contribution >= 0.6 is 24.0 Å². The van der Waals surface area contributed by atoms with Gasteiger partial charge in [0.25, 0.3) is 0 Å². The van der Waals surface area contributed by atoms with Crippen LogP contribution in [0.25, 0.3) is 0 Å². The Morgan fingerprint density at radius 2 is 1.96 bits per heavy atom. The molecular weight excluding hydrogens is 469 g/mol. The van der Waals surface area contributed by atoms with E-state index in [1.807, 2.05) is 63.2 Å². The molecule has 0 spiro atoms. The van der Waals surface area contributed by atoms with E-state index in [0.29, 0.717) is 24.9 Å². The summed E-state index contributed by atoms with van der Waals surface area (Å²) in [6.45, 7) is 5.85. The van der Waals surface area contributed by atoms with Crippen LogP contribution in [-0.4, -0.2) is 45.3 Å². The molecule has 28 heavy (non-hydrogen) atoms. The molecular formula is C20H30IN5O2. The van der Waals surface area contributed by atoms with Gasteiger partial charge in [-0.3, -0.25) is 0 Å². The first-order chi connectivity index (χ1) is 13.1. The molecule has 1 heterocycles. The van der Waals surface area contributed by atoms with Gasteiger partial charge in [-0.2, -0.15) is 0 Å². The summed E-state index contributed by atoms with van der Waals surface area (Å²) in [4.78, 5) is 11.1. The van der Waals surface area contributed by atoms with Crippen molar-refractivity contribution >= 4 is 41.4 Å². The van der Waals surface area contributed by atoms with Gasteiger partial charge in [-0.15, -0.1) is 24.0 Å². The van der Waals surface area contributed by atoms with Crippen LogP contribution < -0.4 is 25.0 Å². The molecule has 2 rings (SSSR count). The maximum absolute atomic E-state index is 5.57. The van der Waals surface area contributed by atoms with Crippen molar-refractivity contribution < 1.29 is 9.47 Å². The third kappa shape index (κ3) is 6.74. The number of rotatable bonds is 8. The average molecular weight is 499 g/mol. The number of hydrogen-bond acceptors (Lipinski definition) is 5. The largest absolute Gasteiger partial charge is 0.493 e. The van der Waals surface area contributed by atoms with Gasteiger partial charge < -0.3 is 25.0 Å². The molecule has 1 aromatic heterocycles. The second kappa shape index (κ2) is 12.3. The van der Waals surface area contributed by atoms with Crippen molar-refractivity contribution in [1.82, 2.24) is 10.3 Å². The molecule has 0 aliphatic heterocycles. The highest BCUT2D eigenvalue weighted by atomic mass is 127. The molecule has 0 radical (unpaired) electrons. The molecule has 0 saturated carbocycles. The fourth-order valence-corrected chi connectivity index (χ4v) is 2.58. The number of ether oxygens (including phenoxy) is 2. The Bertz CT molecular complexity index is 768. The van der Waals surface area contributed by atoms with Gasteiger partial charge in [0, 0.05) is 44.2 Å². The molecule has 0 amide bonds. The van der Waals surface area contributed by atoms with E-state index >= 15 is 0 Å². The number of benzene rings is 1. The number of guanidine groups is 1. The molecule has 0 unspecified atom stereocenters. The van der Waals surface area contributed by atoms with Crippen molar-refractivity contribution in [1.29, 1.82) is 0 Å². The van der Waals surface area contributed by atoms with Gasteiger partial charge in [-0.05, 0) is 32.0 Å². The zero-order valence-corrected chi connectivity index (χ0v) is 19.5. The van der Waals surface area contributed by atoms with E-state index in [0.717, 1.165) is 29.4 Å². The van der Waals surface area contributed by atoms with Gasteiger partial charge in [0.15, 0.2) is 17.5 Å². The monoisotopic (exact) mass is 499 g/mol. The van der Waals surface area contributed by atoms with Gasteiger partial charge >= 0.3 is 0 Å². The number of pyridine rings is 1. The molecule has 0 aliphatic rings. The Morgan fingerprint density at radius 3 is 2.61 bits per heavy atom. The van der Waals surface area contributed by atoms with Crippen LogP contribution in [0.4, 0.5) is 11.5 Å². The van der Waals surface area contributed by atoms with E-state index in [-0.39, 0.29) is 24.0 Å². The van der Waals surface area contributed by atoms with E-state index in [1.54, 1.807) is 13.3 Å². The van der Waals surface area contributed by atoms with E-state index in [9.17, 15) is 0 Å². The van der Waals surface area contributed by atoms with Crippen molar-refractivity contribution in [3.63, 3.8) is 0 Å². The summed E-state index contributed by atoms with van der Waals surface area (Å²) in [6, 6.07) is 9.69. The third-order valence-corrected chi connectivity index (χ3v) is 3.77. The average Bonchev–Trinajstić information content (AvgIpc) is 2.67. The van der Waals surface area contributed by atoms with Crippen molar-refractivity contribution in [3.8, 4) is 11.5 Å². The van der Waals surface area contributed by atoms with Crippen molar-refractivity contribution in [2.45, 2.75) is 20.4 Å². The quantitative estimate of drug-likeness (QED) is 0.328. The van der Waals surface area contributed by atoms with E-state index in [2.05, 4.69) is 15.6 Å². The van der Waals surface area contributed by atoms with Crippen LogP contribution in [0.5, 0.6) is 11.5 Å². The summed E-state index contributed by atoms with van der Waals surface area (Å²) >= 11 is 0. The smallest absolute Gasteiger partial charge is 0.196 e. The first-order valence-corrected chi connectivity index (χ1v) is 9.06. The molecule has 8 heteroatoms. The maximum Gasteiger partial charge on any atom is 0.196 e. The molecule has 2 aromatic rings. The van der Waals surface area contributed by atoms with Crippen LogP contribution in [0.2, 0.25) is 0 Å². The zero-order chi connectivity index (χ0) is 19.6. The second-order valence-electron chi connectivity index (χ2n) is 6.00. The van der Waals surface area contributed by atoms with Crippen LogP contribution in [0, 0.1) is 0 Å². The minimum Gasteiger partial charge on any atom is -0.493 e. The Labute approximate surface area is 184 Å². The van der Waals surface area contributed by atoms with Crippen LogP contribution in [0.1, 0.15) is 19.4 Å². The summed E-state index contributed by atoms with van der Waals surface area (Å²) < 4.78 is 11.0. The lowest BCUT2D eigenvalue weighted by molar-refractivity contribution is 0.311. The number of halogens is 1. The number of hydrogen-bond donors (Lipinski definition) is 2. The lowest BCUT2D eigenvalue weighted by Crippen LogP contribution is -2.30. The van der Waals surface area contributed by atoms with E-state index < -0.39 is 0 Å². The van der Waals surface area contributed by atoms with Gasteiger partial charge in [-0.1, -0.05) is 6.07 Å². The number of methoxy groups -OCH3 is 1. The molecule has 0 aliphatic carbocycles. The van der Waals surface area contributed by atoms with E-state index in [1.165, 1.54) is 0 Å². The molecule has 0 fully saturated rings. The molecule has 154 valence electrons. The Balaban J connectivity index is 0.00000392. The summed E-state index contributed by atoms with van der Waals surface area (Å²) in [7, 11) is 5.59. The topological polar surface area (TPSA) is 71.0 Å². The molecule has 0 bridgehead atoms. The van der Waals surface area contributed by atoms with Gasteiger partial charge in [0.05, 0.1) is 20.3 Å². The summed E-state index contributed by atoms with van der Waals surface area (Å²) in [5.74, 6) is 3.01. The van der Waals surface area contributed by atoms with Gasteiger partial charge in [-0.25, -0.2) is 9.98 Å². The Hall–Kier alpha value is -2.23. The van der Waals surface area contributed by atoms with Crippen LogP contribution in [0.15, 0.2) is 41.5 Å². The lowest BCUT2D eigenvalue weighted by Gasteiger charge is -2.16. The molecule has 7 nitrogen and oxygen atoms in total. The minimum atomic E-state index is 0. The van der Waals surface area contributed by atoms with Gasteiger partial charge in [0.2, 0.25) is 0 Å². The summed E-state index contributed by atoms with van der Waals surface area (Å²) in [5.41, 5.74) is 1.93. The van der Waals surface area contributed by atoms with Crippen molar-refractivity contribution in [2.75, 3.05) is 44.6 Å². The SMILES string of the molecule is CCNC(=NCc1cccnc1N(C)C)Nc1ccc(OCC)c(OC)c1.I. The second-order valence-corrected chi connectivity index (χ2v) is 6.00. The predicted molar refractivity (Wildman–Crippen MR) is 127 cm³/mol. The minimum absolute atomic E-state index is 0. The van der Waals surface area contributed by atoms with Gasteiger partial charge in [0.1, 0.15) is 5.82 Å². The zero-order valence-electron chi connectivity index (χ0n) is 17.2. The highest BCUT2D eigenvalue weighted by molar-refractivity contribution is 14.0. The standard InChI is InChI=1S/C20H29N5O2.HI/c1-6-21-20(23-14-15-9-8-12-22-19(15)25(3)4)24-16-10-11-17(27-7-2)18(13-16)26-5;/h8-13H,6-7,14H2,1-5H3,(H2,21,23,24);1H. The summed E-state index contributed by atoms with van der Waals surface area (Å²) in [5, 5.41) is 6.57. The Kier molecular flexibility index (Phi) is 10.4. The van der Waals surface area contributed by atoms with Crippen molar-refractivity contribution in [3.05, 3.63) is 42.1 Å². The number of aromatic nitrogens is 1. The summed E-state index contributed by atoms with van der Waals surface area (Å²) in [6.07, 6.45) is 1.79. The fourth-order valence-electron chi connectivity index (χ4n) is 2.58. The van der Waals surface area contributed by atoms with Crippen LogP contribution in [0.3, 0.4) is 0 Å².